The molecule has 0 aliphatic carbocycles. The number of aromatic hydroxyl groups is 1. The van der Waals surface area contributed by atoms with Crippen molar-refractivity contribution in [2.24, 2.45) is 0 Å². The first-order valence-corrected chi connectivity index (χ1v) is 3.99. The number of hydrogen-bond donors (Lipinski definition) is 1. The number of benzene rings is 1. The van der Waals surface area contributed by atoms with Crippen molar-refractivity contribution in [3.8, 4) is 11.8 Å². The quantitative estimate of drug-likeness (QED) is 0.718. The van der Waals surface area contributed by atoms with Crippen LogP contribution in [0, 0.1) is 11.3 Å². The topological polar surface area (TPSA) is 70.3 Å². The van der Waals surface area contributed by atoms with Gasteiger partial charge >= 0.3 is 5.97 Å². The molecule has 0 bridgehead atoms. The number of halogens is 1. The van der Waals surface area contributed by atoms with Crippen LogP contribution in [0.25, 0.3) is 0 Å². The molecule has 0 heterocycles. The van der Waals surface area contributed by atoms with Crippen LogP contribution >= 0.6 is 11.6 Å². The predicted octanol–water partition coefficient (Wildman–Crippen LogP) is 1.70. The van der Waals surface area contributed by atoms with E-state index >= 15 is 0 Å². The second kappa shape index (κ2) is 3.99. The lowest BCUT2D eigenvalue weighted by molar-refractivity contribution is 0.0600. The largest absolute Gasteiger partial charge is 0.507 e. The zero-order valence-electron chi connectivity index (χ0n) is 7.24. The van der Waals surface area contributed by atoms with E-state index in [1.165, 1.54) is 19.2 Å². The van der Waals surface area contributed by atoms with Crippen LogP contribution in [0.5, 0.6) is 5.75 Å². The van der Waals surface area contributed by atoms with E-state index in [0.717, 1.165) is 0 Å². The molecule has 72 valence electrons. The fourth-order valence-electron chi connectivity index (χ4n) is 0.981. The summed E-state index contributed by atoms with van der Waals surface area (Å²) in [4.78, 5) is 11.2. The van der Waals surface area contributed by atoms with Gasteiger partial charge in [0.15, 0.2) is 0 Å². The molecular weight excluding hydrogens is 206 g/mol. The zero-order chi connectivity index (χ0) is 10.7. The van der Waals surface area contributed by atoms with Gasteiger partial charge in [0.1, 0.15) is 17.4 Å². The molecule has 4 nitrogen and oxygen atoms in total. The number of phenols is 1. The number of phenolic OH excluding ortho intramolecular Hbond substituents is 1. The number of methoxy groups -OCH3 is 1. The maximum Gasteiger partial charge on any atom is 0.340 e. The third-order valence-electron chi connectivity index (χ3n) is 1.63. The molecule has 0 atom stereocenters. The summed E-state index contributed by atoms with van der Waals surface area (Å²) in [6.07, 6.45) is 0. The van der Waals surface area contributed by atoms with E-state index in [4.69, 9.17) is 16.9 Å². The Hall–Kier alpha value is -1.73. The zero-order valence-corrected chi connectivity index (χ0v) is 8.00. The van der Waals surface area contributed by atoms with Crippen molar-refractivity contribution in [3.63, 3.8) is 0 Å². The Morgan fingerprint density at radius 3 is 2.79 bits per heavy atom. The van der Waals surface area contributed by atoms with E-state index in [9.17, 15) is 9.90 Å². The van der Waals surface area contributed by atoms with Crippen LogP contribution in [0.1, 0.15) is 15.9 Å². The van der Waals surface area contributed by atoms with Gasteiger partial charge in [-0.3, -0.25) is 0 Å². The summed E-state index contributed by atoms with van der Waals surface area (Å²) in [5.74, 6) is -1.04. The average molecular weight is 212 g/mol. The van der Waals surface area contributed by atoms with E-state index in [2.05, 4.69) is 4.74 Å². The number of hydrogen-bond acceptors (Lipinski definition) is 4. The van der Waals surface area contributed by atoms with Gasteiger partial charge in [-0.05, 0) is 12.1 Å². The lowest BCUT2D eigenvalue weighted by Gasteiger charge is -2.05. The molecule has 1 rings (SSSR count). The van der Waals surface area contributed by atoms with Crippen molar-refractivity contribution >= 4 is 17.6 Å². The number of carbonyl (C=O) groups is 1. The van der Waals surface area contributed by atoms with Gasteiger partial charge in [0.2, 0.25) is 0 Å². The van der Waals surface area contributed by atoms with Crippen LogP contribution < -0.4 is 0 Å². The van der Waals surface area contributed by atoms with Crippen LogP contribution in [0.3, 0.4) is 0 Å². The molecule has 0 radical (unpaired) electrons. The lowest BCUT2D eigenvalue weighted by Crippen LogP contribution is -2.05. The first-order valence-electron chi connectivity index (χ1n) is 3.61. The number of nitrogens with zero attached hydrogens (tertiary/aromatic N) is 1. The predicted molar refractivity (Wildman–Crippen MR) is 49.2 cm³/mol. The summed E-state index contributed by atoms with van der Waals surface area (Å²) in [5, 5.41) is 18.0. The van der Waals surface area contributed by atoms with E-state index in [0.29, 0.717) is 0 Å². The van der Waals surface area contributed by atoms with E-state index < -0.39 is 5.97 Å². The molecule has 0 amide bonds. The SMILES string of the molecule is COC(=O)c1c(Cl)ccc(O)c1C#N. The molecule has 0 saturated carbocycles. The minimum absolute atomic E-state index is 0.0752. The smallest absolute Gasteiger partial charge is 0.340 e. The Balaban J connectivity index is 3.47. The van der Waals surface area contributed by atoms with Crippen molar-refractivity contribution in [2.45, 2.75) is 0 Å². The Bertz CT molecular complexity index is 423. The van der Waals surface area contributed by atoms with E-state index in [-0.39, 0.29) is 21.9 Å². The number of carbonyl (C=O) groups excluding carboxylic acids is 1. The first kappa shape index (κ1) is 10.4. The van der Waals surface area contributed by atoms with Crippen molar-refractivity contribution in [1.82, 2.24) is 0 Å². The molecule has 14 heavy (non-hydrogen) atoms. The molecule has 0 spiro atoms. The highest BCUT2D eigenvalue weighted by molar-refractivity contribution is 6.34. The minimum atomic E-state index is -0.748. The second-order valence-corrected chi connectivity index (χ2v) is 2.83. The summed E-state index contributed by atoms with van der Waals surface area (Å²) < 4.78 is 4.43. The van der Waals surface area contributed by atoms with Crippen molar-refractivity contribution in [1.29, 1.82) is 5.26 Å². The van der Waals surface area contributed by atoms with Crippen LogP contribution in [0.4, 0.5) is 0 Å². The molecule has 1 aromatic rings. The Morgan fingerprint density at radius 1 is 1.64 bits per heavy atom. The van der Waals surface area contributed by atoms with E-state index in [1.54, 1.807) is 6.07 Å². The summed E-state index contributed by atoms with van der Waals surface area (Å²) in [5.41, 5.74) is -0.291. The molecule has 0 aromatic heterocycles. The molecule has 0 aliphatic rings. The fourth-order valence-corrected chi connectivity index (χ4v) is 1.22. The molecule has 0 unspecified atom stereocenters. The van der Waals surface area contributed by atoms with Gasteiger partial charge in [0.25, 0.3) is 0 Å². The van der Waals surface area contributed by atoms with Crippen LogP contribution in [-0.4, -0.2) is 18.2 Å². The van der Waals surface area contributed by atoms with Crippen molar-refractivity contribution in [3.05, 3.63) is 28.3 Å². The van der Waals surface area contributed by atoms with Gasteiger partial charge in [-0.25, -0.2) is 4.79 Å². The van der Waals surface area contributed by atoms with Gasteiger partial charge in [0, 0.05) is 0 Å². The van der Waals surface area contributed by atoms with Gasteiger partial charge in [-0.2, -0.15) is 5.26 Å². The van der Waals surface area contributed by atoms with Crippen LogP contribution in [-0.2, 0) is 4.74 Å². The second-order valence-electron chi connectivity index (χ2n) is 2.42. The molecule has 5 heteroatoms. The maximum absolute atomic E-state index is 11.2. The monoisotopic (exact) mass is 211 g/mol. The van der Waals surface area contributed by atoms with E-state index in [1.807, 2.05) is 0 Å². The highest BCUT2D eigenvalue weighted by atomic mass is 35.5. The van der Waals surface area contributed by atoms with Gasteiger partial charge < -0.3 is 9.84 Å². The molecular formula is C9H6ClNO3. The summed E-state index contributed by atoms with van der Waals surface area (Å²) in [6, 6.07) is 4.25. The highest BCUT2D eigenvalue weighted by Crippen LogP contribution is 2.27. The van der Waals surface area contributed by atoms with Gasteiger partial charge in [-0.15, -0.1) is 0 Å². The van der Waals surface area contributed by atoms with Crippen molar-refractivity contribution in [2.75, 3.05) is 7.11 Å². The lowest BCUT2D eigenvalue weighted by atomic mass is 10.1. The Kier molecular flexibility index (Phi) is 2.95. The molecule has 0 aliphatic heterocycles. The summed E-state index contributed by atoms with van der Waals surface area (Å²) in [6.45, 7) is 0. The number of ether oxygens (including phenoxy) is 1. The number of rotatable bonds is 1. The molecule has 0 fully saturated rings. The highest BCUT2D eigenvalue weighted by Gasteiger charge is 2.19. The third kappa shape index (κ3) is 1.63. The van der Waals surface area contributed by atoms with Gasteiger partial charge in [-0.1, -0.05) is 11.6 Å². The first-order chi connectivity index (χ1) is 6.61. The molecule has 1 aromatic carbocycles. The molecule has 0 saturated heterocycles. The normalized spacial score (nSPS) is 9.21. The third-order valence-corrected chi connectivity index (χ3v) is 1.95. The Morgan fingerprint density at radius 2 is 2.29 bits per heavy atom. The van der Waals surface area contributed by atoms with Gasteiger partial charge in [0.05, 0.1) is 17.7 Å². The average Bonchev–Trinajstić information content (AvgIpc) is 2.19. The molecule has 1 N–H and O–H groups in total. The van der Waals surface area contributed by atoms with Crippen LogP contribution in [0.15, 0.2) is 12.1 Å². The maximum atomic E-state index is 11.2. The number of nitriles is 1. The summed E-state index contributed by atoms with van der Waals surface area (Å²) in [7, 11) is 1.17. The standard InChI is InChI=1S/C9H6ClNO3/c1-14-9(13)8-5(4-11)7(12)3-2-6(8)10/h2-3,12H,1H3. The minimum Gasteiger partial charge on any atom is -0.507 e. The number of esters is 1. The fraction of sp³-hybridized carbons (Fsp3) is 0.111. The van der Waals surface area contributed by atoms with Crippen LogP contribution in [0.2, 0.25) is 5.02 Å². The summed E-state index contributed by atoms with van der Waals surface area (Å²) >= 11 is 5.69. The Labute approximate surface area is 85.3 Å². The van der Waals surface area contributed by atoms with Crippen molar-refractivity contribution < 1.29 is 14.6 Å².